The highest BCUT2D eigenvalue weighted by Crippen LogP contribution is 2.28. The van der Waals surface area contributed by atoms with Gasteiger partial charge in [-0.15, -0.1) is 0 Å². The number of aromatic nitrogens is 2. The van der Waals surface area contributed by atoms with Crippen LogP contribution in [0.4, 0.5) is 0 Å². The zero-order valence-corrected chi connectivity index (χ0v) is 16.4. The average Bonchev–Trinajstić information content (AvgIpc) is 3.29. The van der Waals surface area contributed by atoms with Gasteiger partial charge in [0.1, 0.15) is 12.0 Å². The van der Waals surface area contributed by atoms with Gasteiger partial charge in [-0.3, -0.25) is 4.57 Å². The van der Waals surface area contributed by atoms with E-state index in [1.807, 2.05) is 6.07 Å². The fourth-order valence-electron chi connectivity index (χ4n) is 3.77. The van der Waals surface area contributed by atoms with Crippen LogP contribution < -0.4 is 5.69 Å². The van der Waals surface area contributed by atoms with Crippen molar-refractivity contribution in [1.82, 2.24) is 9.55 Å². The topological polar surface area (TPSA) is 77.5 Å². The summed E-state index contributed by atoms with van der Waals surface area (Å²) in [7, 11) is 0. The van der Waals surface area contributed by atoms with Crippen LogP contribution in [0.25, 0.3) is 11.1 Å². The van der Waals surface area contributed by atoms with Gasteiger partial charge in [-0.2, -0.15) is 4.98 Å². The number of aliphatic hydroxyl groups excluding tert-OH is 1. The standard InChI is InChI=1S/C21H32N2O4/c1-2-3-4-5-6-7-8-9-10-17-13-16-14-23(21(25)22-20(16)27-17)19-12-11-18(15-24)26-19/h13-14,18-19,24H,2-12,15H2,1H3/t18-,19+/m1/s1. The van der Waals surface area contributed by atoms with Crippen LogP contribution in [-0.2, 0) is 11.2 Å². The average molecular weight is 376 g/mol. The highest BCUT2D eigenvalue weighted by atomic mass is 16.5. The Morgan fingerprint density at radius 2 is 1.89 bits per heavy atom. The molecule has 6 heteroatoms. The highest BCUT2D eigenvalue weighted by Gasteiger charge is 2.27. The summed E-state index contributed by atoms with van der Waals surface area (Å²) < 4.78 is 13.0. The molecule has 0 saturated carbocycles. The first kappa shape index (κ1) is 20.1. The Morgan fingerprint density at radius 1 is 1.15 bits per heavy atom. The summed E-state index contributed by atoms with van der Waals surface area (Å²) >= 11 is 0. The predicted molar refractivity (Wildman–Crippen MR) is 105 cm³/mol. The van der Waals surface area contributed by atoms with Crippen molar-refractivity contribution in [3.8, 4) is 0 Å². The molecule has 1 aliphatic rings. The van der Waals surface area contributed by atoms with Crippen molar-refractivity contribution in [3.05, 3.63) is 28.5 Å². The van der Waals surface area contributed by atoms with E-state index in [0.717, 1.165) is 30.4 Å². The first-order valence-electron chi connectivity index (χ1n) is 10.5. The van der Waals surface area contributed by atoms with Crippen LogP contribution in [0, 0.1) is 0 Å². The van der Waals surface area contributed by atoms with Gasteiger partial charge in [0, 0.05) is 12.6 Å². The minimum absolute atomic E-state index is 0.0185. The van der Waals surface area contributed by atoms with Crippen LogP contribution in [0.1, 0.15) is 83.1 Å². The Balaban J connectivity index is 1.52. The summed E-state index contributed by atoms with van der Waals surface area (Å²) in [5.74, 6) is 0.890. The van der Waals surface area contributed by atoms with E-state index in [-0.39, 0.29) is 24.6 Å². The fourth-order valence-corrected chi connectivity index (χ4v) is 3.77. The lowest BCUT2D eigenvalue weighted by molar-refractivity contribution is -0.0243. The number of aliphatic hydroxyl groups is 1. The number of ether oxygens (including phenoxy) is 1. The van der Waals surface area contributed by atoms with E-state index in [1.54, 1.807) is 6.20 Å². The van der Waals surface area contributed by atoms with E-state index in [1.165, 1.54) is 49.5 Å². The molecule has 2 aromatic rings. The zero-order chi connectivity index (χ0) is 19.1. The maximum atomic E-state index is 12.3. The molecule has 0 unspecified atom stereocenters. The minimum Gasteiger partial charge on any atom is -0.443 e. The number of hydrogen-bond acceptors (Lipinski definition) is 5. The maximum absolute atomic E-state index is 12.3. The number of fused-ring (bicyclic) bond motifs is 1. The molecule has 6 nitrogen and oxygen atoms in total. The summed E-state index contributed by atoms with van der Waals surface area (Å²) in [6.07, 6.45) is 13.8. The molecule has 1 N–H and O–H groups in total. The number of hydrogen-bond donors (Lipinski definition) is 1. The van der Waals surface area contributed by atoms with Crippen molar-refractivity contribution >= 4 is 11.1 Å². The van der Waals surface area contributed by atoms with Gasteiger partial charge in [0.25, 0.3) is 0 Å². The molecule has 3 heterocycles. The SMILES string of the molecule is CCCCCCCCCCc1cc2cn([C@@H]3CC[C@H](CO)O3)c(=O)nc2o1. The van der Waals surface area contributed by atoms with E-state index in [2.05, 4.69) is 11.9 Å². The summed E-state index contributed by atoms with van der Waals surface area (Å²) in [5, 5.41) is 10.0. The number of unbranched alkanes of at least 4 members (excludes halogenated alkanes) is 7. The van der Waals surface area contributed by atoms with E-state index >= 15 is 0 Å². The van der Waals surface area contributed by atoms with Gasteiger partial charge in [0.15, 0.2) is 0 Å². The minimum atomic E-state index is -0.362. The van der Waals surface area contributed by atoms with Gasteiger partial charge >= 0.3 is 5.69 Å². The third-order valence-electron chi connectivity index (χ3n) is 5.36. The van der Waals surface area contributed by atoms with Crippen molar-refractivity contribution in [2.45, 2.75) is 89.9 Å². The monoisotopic (exact) mass is 376 g/mol. The van der Waals surface area contributed by atoms with Crippen molar-refractivity contribution < 1.29 is 14.3 Å². The van der Waals surface area contributed by atoms with Crippen LogP contribution in [0.2, 0.25) is 0 Å². The molecule has 27 heavy (non-hydrogen) atoms. The Labute approximate surface area is 160 Å². The second-order valence-electron chi connectivity index (χ2n) is 7.60. The third-order valence-corrected chi connectivity index (χ3v) is 5.36. The number of nitrogens with zero attached hydrogens (tertiary/aromatic N) is 2. The first-order valence-corrected chi connectivity index (χ1v) is 10.5. The van der Waals surface area contributed by atoms with E-state index in [9.17, 15) is 9.90 Å². The molecule has 0 spiro atoms. The molecular weight excluding hydrogens is 344 g/mol. The van der Waals surface area contributed by atoms with Crippen molar-refractivity contribution in [3.63, 3.8) is 0 Å². The summed E-state index contributed by atoms with van der Waals surface area (Å²) in [6.45, 7) is 2.22. The van der Waals surface area contributed by atoms with Gasteiger partial charge in [-0.25, -0.2) is 4.79 Å². The summed E-state index contributed by atoms with van der Waals surface area (Å²) in [5.41, 5.74) is 0.0431. The molecule has 0 aliphatic carbocycles. The van der Waals surface area contributed by atoms with E-state index in [0.29, 0.717) is 12.1 Å². The molecule has 0 radical (unpaired) electrons. The number of rotatable bonds is 11. The summed E-state index contributed by atoms with van der Waals surface area (Å²) in [4.78, 5) is 16.4. The lowest BCUT2D eigenvalue weighted by atomic mass is 10.1. The van der Waals surface area contributed by atoms with Crippen LogP contribution >= 0.6 is 0 Å². The van der Waals surface area contributed by atoms with Gasteiger partial charge in [0.05, 0.1) is 18.1 Å². The normalized spacial score (nSPS) is 19.9. The maximum Gasteiger partial charge on any atom is 0.353 e. The van der Waals surface area contributed by atoms with Gasteiger partial charge < -0.3 is 14.3 Å². The van der Waals surface area contributed by atoms with Gasteiger partial charge in [0.2, 0.25) is 5.71 Å². The molecule has 2 aromatic heterocycles. The number of aryl methyl sites for hydroxylation is 1. The van der Waals surface area contributed by atoms with Crippen LogP contribution in [-0.4, -0.2) is 27.4 Å². The largest absolute Gasteiger partial charge is 0.443 e. The van der Waals surface area contributed by atoms with E-state index in [4.69, 9.17) is 9.15 Å². The predicted octanol–water partition coefficient (Wildman–Crippen LogP) is 4.34. The lowest BCUT2D eigenvalue weighted by Gasteiger charge is -2.14. The molecular formula is C21H32N2O4. The van der Waals surface area contributed by atoms with Crippen LogP contribution in [0.5, 0.6) is 0 Å². The van der Waals surface area contributed by atoms with Gasteiger partial charge in [-0.1, -0.05) is 51.9 Å². The van der Waals surface area contributed by atoms with Crippen LogP contribution in [0.15, 0.2) is 21.5 Å². The smallest absolute Gasteiger partial charge is 0.353 e. The second-order valence-corrected chi connectivity index (χ2v) is 7.60. The third kappa shape index (κ3) is 5.42. The first-order chi connectivity index (χ1) is 13.2. The highest BCUT2D eigenvalue weighted by molar-refractivity contribution is 5.72. The second kappa shape index (κ2) is 10.0. The van der Waals surface area contributed by atoms with Gasteiger partial charge in [-0.05, 0) is 25.3 Å². The Bertz CT molecular complexity index is 767. The molecule has 2 atom stereocenters. The summed E-state index contributed by atoms with van der Waals surface area (Å²) in [6, 6.07) is 1.98. The quantitative estimate of drug-likeness (QED) is 0.590. The number of furan rings is 1. The Kier molecular flexibility index (Phi) is 7.47. The van der Waals surface area contributed by atoms with Crippen LogP contribution in [0.3, 0.4) is 0 Å². The molecule has 150 valence electrons. The molecule has 1 aliphatic heterocycles. The molecule has 1 saturated heterocycles. The Hall–Kier alpha value is -1.66. The molecule has 0 bridgehead atoms. The fraction of sp³-hybridized carbons (Fsp3) is 0.714. The molecule has 0 amide bonds. The molecule has 1 fully saturated rings. The molecule has 0 aromatic carbocycles. The van der Waals surface area contributed by atoms with Crippen molar-refractivity contribution in [2.75, 3.05) is 6.61 Å². The Morgan fingerprint density at radius 3 is 2.59 bits per heavy atom. The van der Waals surface area contributed by atoms with Crippen molar-refractivity contribution in [2.24, 2.45) is 0 Å². The molecule has 3 rings (SSSR count). The lowest BCUT2D eigenvalue weighted by Crippen LogP contribution is -2.27. The van der Waals surface area contributed by atoms with Crippen molar-refractivity contribution in [1.29, 1.82) is 0 Å². The van der Waals surface area contributed by atoms with E-state index < -0.39 is 0 Å². The zero-order valence-electron chi connectivity index (χ0n) is 16.4.